The van der Waals surface area contributed by atoms with Crippen LogP contribution in [0.25, 0.3) is 5.69 Å². The lowest BCUT2D eigenvalue weighted by molar-refractivity contribution is -0.116. The molecule has 1 amide bonds. The largest absolute Gasteiger partial charge is 0.331 e. The van der Waals surface area contributed by atoms with Crippen LogP contribution in [0.3, 0.4) is 0 Å². The Bertz CT molecular complexity index is 1370. The Labute approximate surface area is 184 Å². The second kappa shape index (κ2) is 8.89. The fourth-order valence-electron chi connectivity index (χ4n) is 3.57. The van der Waals surface area contributed by atoms with E-state index < -0.39 is 17.2 Å². The molecule has 162 valence electrons. The lowest BCUT2D eigenvalue weighted by Crippen LogP contribution is -2.41. The molecule has 0 spiro atoms. The fourth-order valence-corrected chi connectivity index (χ4v) is 3.57. The predicted octanol–water partition coefficient (Wildman–Crippen LogP) is 2.50. The van der Waals surface area contributed by atoms with Crippen molar-refractivity contribution in [2.75, 3.05) is 5.32 Å². The number of anilines is 1. The molecule has 2 aromatic heterocycles. The minimum Gasteiger partial charge on any atom is -0.321 e. The van der Waals surface area contributed by atoms with Gasteiger partial charge in [-0.1, -0.05) is 48.5 Å². The minimum atomic E-state index is -0.537. The molecule has 1 N–H and O–H groups in total. The van der Waals surface area contributed by atoms with Gasteiger partial charge in [-0.05, 0) is 31.5 Å². The summed E-state index contributed by atoms with van der Waals surface area (Å²) in [6.45, 7) is 3.57. The standard InChI is InChI=1S/C24H23N5O3/c1-17-23(18(2)29(26-17)20-11-7-4-8-12-20)25-21(30)16-28-22(31)13-14-27(24(28)32)15-19-9-5-3-6-10-19/h3-14H,15-16H2,1-2H3,(H,25,30). The van der Waals surface area contributed by atoms with Crippen LogP contribution in [0.1, 0.15) is 17.0 Å². The molecule has 0 radical (unpaired) electrons. The van der Waals surface area contributed by atoms with Crippen molar-refractivity contribution in [3.05, 3.63) is 111 Å². The van der Waals surface area contributed by atoms with Gasteiger partial charge < -0.3 is 5.32 Å². The number of hydrogen-bond donors (Lipinski definition) is 1. The van der Waals surface area contributed by atoms with Crippen LogP contribution in [-0.2, 0) is 17.9 Å². The Kier molecular flexibility index (Phi) is 5.85. The number of carbonyl (C=O) groups excluding carboxylic acids is 1. The molecule has 4 rings (SSSR count). The van der Waals surface area contributed by atoms with Crippen LogP contribution in [0.2, 0.25) is 0 Å². The zero-order valence-corrected chi connectivity index (χ0v) is 17.9. The van der Waals surface area contributed by atoms with Crippen LogP contribution in [0.15, 0.2) is 82.5 Å². The number of carbonyl (C=O) groups is 1. The van der Waals surface area contributed by atoms with Crippen LogP contribution in [-0.4, -0.2) is 24.8 Å². The molecule has 0 aliphatic rings. The normalized spacial score (nSPS) is 10.8. The summed E-state index contributed by atoms with van der Waals surface area (Å²) in [4.78, 5) is 37.9. The summed E-state index contributed by atoms with van der Waals surface area (Å²) in [6, 6.07) is 20.3. The first-order valence-electron chi connectivity index (χ1n) is 10.2. The number of nitrogens with zero attached hydrogens (tertiary/aromatic N) is 4. The van der Waals surface area contributed by atoms with Gasteiger partial charge in [-0.3, -0.25) is 18.7 Å². The molecule has 0 unspecified atom stereocenters. The molecule has 0 aliphatic heterocycles. The maximum Gasteiger partial charge on any atom is 0.331 e. The maximum absolute atomic E-state index is 12.8. The highest BCUT2D eigenvalue weighted by atomic mass is 16.2. The number of hydrogen-bond acceptors (Lipinski definition) is 4. The van der Waals surface area contributed by atoms with Gasteiger partial charge in [0.15, 0.2) is 0 Å². The fraction of sp³-hybridized carbons (Fsp3) is 0.167. The monoisotopic (exact) mass is 429 g/mol. The van der Waals surface area contributed by atoms with Crippen LogP contribution in [0.4, 0.5) is 5.69 Å². The number of para-hydroxylation sites is 1. The molecule has 0 aliphatic carbocycles. The van der Waals surface area contributed by atoms with Gasteiger partial charge >= 0.3 is 5.69 Å². The lowest BCUT2D eigenvalue weighted by Gasteiger charge is -2.11. The van der Waals surface area contributed by atoms with Crippen molar-refractivity contribution in [1.29, 1.82) is 0 Å². The van der Waals surface area contributed by atoms with E-state index in [4.69, 9.17) is 0 Å². The van der Waals surface area contributed by atoms with E-state index in [1.54, 1.807) is 11.6 Å². The third-order valence-electron chi connectivity index (χ3n) is 5.19. The Morgan fingerprint density at radius 2 is 1.59 bits per heavy atom. The van der Waals surface area contributed by atoms with E-state index in [9.17, 15) is 14.4 Å². The van der Waals surface area contributed by atoms with Crippen molar-refractivity contribution in [3.63, 3.8) is 0 Å². The first-order chi connectivity index (χ1) is 15.4. The van der Waals surface area contributed by atoms with Crippen molar-refractivity contribution in [1.82, 2.24) is 18.9 Å². The molecule has 0 saturated heterocycles. The van der Waals surface area contributed by atoms with Gasteiger partial charge in [-0.15, -0.1) is 0 Å². The van der Waals surface area contributed by atoms with Gasteiger partial charge in [0.2, 0.25) is 5.91 Å². The third-order valence-corrected chi connectivity index (χ3v) is 5.19. The number of aryl methyl sites for hydroxylation is 1. The van der Waals surface area contributed by atoms with E-state index in [2.05, 4.69) is 10.4 Å². The Morgan fingerprint density at radius 1 is 0.938 bits per heavy atom. The summed E-state index contributed by atoms with van der Waals surface area (Å²) in [6.07, 6.45) is 1.45. The van der Waals surface area contributed by atoms with Gasteiger partial charge in [-0.25, -0.2) is 9.48 Å². The number of benzene rings is 2. The zero-order chi connectivity index (χ0) is 22.7. The summed E-state index contributed by atoms with van der Waals surface area (Å²) in [5.74, 6) is -0.472. The summed E-state index contributed by atoms with van der Waals surface area (Å²) in [5.41, 5.74) is 2.69. The molecule has 2 aromatic carbocycles. The van der Waals surface area contributed by atoms with Crippen molar-refractivity contribution in [2.45, 2.75) is 26.9 Å². The summed E-state index contributed by atoms with van der Waals surface area (Å²) in [7, 11) is 0. The van der Waals surface area contributed by atoms with Crippen molar-refractivity contribution in [3.8, 4) is 5.69 Å². The number of nitrogens with one attached hydrogen (secondary N) is 1. The second-order valence-electron chi connectivity index (χ2n) is 7.48. The van der Waals surface area contributed by atoms with Gasteiger partial charge in [-0.2, -0.15) is 5.10 Å². The minimum absolute atomic E-state index is 0.309. The molecule has 32 heavy (non-hydrogen) atoms. The van der Waals surface area contributed by atoms with E-state index >= 15 is 0 Å². The van der Waals surface area contributed by atoms with Gasteiger partial charge in [0, 0.05) is 12.3 Å². The first kappa shape index (κ1) is 21.0. The molecule has 4 aromatic rings. The highest BCUT2D eigenvalue weighted by Crippen LogP contribution is 2.22. The van der Waals surface area contributed by atoms with Crippen LogP contribution in [0, 0.1) is 13.8 Å². The molecular formula is C24H23N5O3. The summed E-state index contributed by atoms with van der Waals surface area (Å²) >= 11 is 0. The molecule has 0 fully saturated rings. The predicted molar refractivity (Wildman–Crippen MR) is 122 cm³/mol. The Balaban J connectivity index is 1.56. The molecule has 0 saturated carbocycles. The van der Waals surface area contributed by atoms with Gasteiger partial charge in [0.05, 0.1) is 29.3 Å². The van der Waals surface area contributed by atoms with Crippen molar-refractivity contribution < 1.29 is 4.79 Å². The number of aromatic nitrogens is 4. The Morgan fingerprint density at radius 3 is 2.28 bits per heavy atom. The van der Waals surface area contributed by atoms with E-state index in [0.717, 1.165) is 21.5 Å². The number of amides is 1. The first-order valence-corrected chi connectivity index (χ1v) is 10.2. The second-order valence-corrected chi connectivity index (χ2v) is 7.48. The smallest absolute Gasteiger partial charge is 0.321 e. The molecule has 8 heteroatoms. The molecule has 0 bridgehead atoms. The third kappa shape index (κ3) is 4.29. The molecular weight excluding hydrogens is 406 g/mol. The number of rotatable bonds is 6. The molecule has 8 nitrogen and oxygen atoms in total. The van der Waals surface area contributed by atoms with E-state index in [0.29, 0.717) is 17.9 Å². The summed E-state index contributed by atoms with van der Waals surface area (Å²) < 4.78 is 4.09. The van der Waals surface area contributed by atoms with E-state index in [1.165, 1.54) is 16.8 Å². The maximum atomic E-state index is 12.8. The van der Waals surface area contributed by atoms with Crippen molar-refractivity contribution in [2.24, 2.45) is 0 Å². The summed E-state index contributed by atoms with van der Waals surface area (Å²) in [5, 5.41) is 7.31. The topological polar surface area (TPSA) is 90.9 Å². The van der Waals surface area contributed by atoms with Gasteiger partial charge in [0.1, 0.15) is 6.54 Å². The average Bonchev–Trinajstić information content (AvgIpc) is 3.08. The lowest BCUT2D eigenvalue weighted by atomic mass is 10.2. The zero-order valence-electron chi connectivity index (χ0n) is 17.9. The molecule has 2 heterocycles. The van der Waals surface area contributed by atoms with E-state index in [1.807, 2.05) is 67.6 Å². The van der Waals surface area contributed by atoms with Crippen LogP contribution >= 0.6 is 0 Å². The highest BCUT2D eigenvalue weighted by molar-refractivity contribution is 5.91. The van der Waals surface area contributed by atoms with E-state index in [-0.39, 0.29) is 6.54 Å². The SMILES string of the molecule is Cc1nn(-c2ccccc2)c(C)c1NC(=O)Cn1c(=O)ccn(Cc2ccccc2)c1=O. The average molecular weight is 429 g/mol. The van der Waals surface area contributed by atoms with Gasteiger partial charge in [0.25, 0.3) is 5.56 Å². The van der Waals surface area contributed by atoms with Crippen LogP contribution in [0.5, 0.6) is 0 Å². The van der Waals surface area contributed by atoms with Crippen molar-refractivity contribution >= 4 is 11.6 Å². The Hall–Kier alpha value is -4.20. The van der Waals surface area contributed by atoms with Crippen LogP contribution < -0.4 is 16.6 Å². The highest BCUT2D eigenvalue weighted by Gasteiger charge is 2.17. The quantitative estimate of drug-likeness (QED) is 0.510. The molecule has 0 atom stereocenters.